The molecule has 1 N–H and O–H groups in total. The largest absolute Gasteiger partial charge is 0.484 e. The predicted octanol–water partition coefficient (Wildman–Crippen LogP) is 4.86. The molecule has 0 bridgehead atoms. The fourth-order valence-corrected chi connectivity index (χ4v) is 4.35. The maximum Gasteiger partial charge on any atom is 0.262 e. The third-order valence-electron chi connectivity index (χ3n) is 5.14. The summed E-state index contributed by atoms with van der Waals surface area (Å²) < 4.78 is 5.72. The molecule has 0 aromatic heterocycles. The van der Waals surface area contributed by atoms with Crippen LogP contribution in [0, 0.1) is 6.92 Å². The van der Waals surface area contributed by atoms with Crippen molar-refractivity contribution in [3.8, 4) is 5.75 Å². The molecule has 1 aliphatic heterocycles. The van der Waals surface area contributed by atoms with Gasteiger partial charge in [-0.2, -0.15) is 11.8 Å². The third-order valence-corrected chi connectivity index (χ3v) is 6.09. The van der Waals surface area contributed by atoms with Crippen LogP contribution < -0.4 is 10.1 Å². The summed E-state index contributed by atoms with van der Waals surface area (Å²) in [6.07, 6.45) is 0. The van der Waals surface area contributed by atoms with Crippen molar-refractivity contribution < 1.29 is 9.53 Å². The number of carbonyl (C=O) groups excluding carboxylic acids is 1. The van der Waals surface area contributed by atoms with Crippen molar-refractivity contribution in [2.45, 2.75) is 39.7 Å². The monoisotopic (exact) mass is 412 g/mol. The van der Waals surface area contributed by atoms with Crippen LogP contribution in [0.15, 0.2) is 42.5 Å². The molecule has 1 saturated heterocycles. The second-order valence-corrected chi connectivity index (χ2v) is 9.88. The Labute approximate surface area is 179 Å². The number of hydrogen-bond donors (Lipinski definition) is 1. The minimum atomic E-state index is -0.143. The number of nitrogens with zero attached hydrogens (tertiary/aromatic N) is 1. The van der Waals surface area contributed by atoms with Gasteiger partial charge in [-0.05, 0) is 47.2 Å². The van der Waals surface area contributed by atoms with Gasteiger partial charge >= 0.3 is 0 Å². The topological polar surface area (TPSA) is 41.6 Å². The molecule has 2 aromatic carbocycles. The lowest BCUT2D eigenvalue weighted by atomic mass is 9.87. The zero-order valence-corrected chi connectivity index (χ0v) is 18.8. The van der Waals surface area contributed by atoms with E-state index in [9.17, 15) is 4.79 Å². The van der Waals surface area contributed by atoms with Crippen molar-refractivity contribution in [3.63, 3.8) is 0 Å². The van der Waals surface area contributed by atoms with Gasteiger partial charge in [-0.25, -0.2) is 0 Å². The summed E-state index contributed by atoms with van der Waals surface area (Å²) in [5.41, 5.74) is 4.46. The number of amides is 1. The molecule has 4 nitrogen and oxygen atoms in total. The Hall–Kier alpha value is -1.98. The fourth-order valence-electron chi connectivity index (χ4n) is 3.37. The highest BCUT2D eigenvalue weighted by molar-refractivity contribution is 7.99. The fraction of sp³-hybridized carbons (Fsp3) is 0.458. The predicted molar refractivity (Wildman–Crippen MR) is 123 cm³/mol. The second-order valence-electron chi connectivity index (χ2n) is 8.65. The molecule has 156 valence electrons. The van der Waals surface area contributed by atoms with Gasteiger partial charge in [0.25, 0.3) is 5.91 Å². The highest BCUT2D eigenvalue weighted by Gasteiger charge is 2.15. The normalized spacial score (nSPS) is 15.2. The number of ether oxygens (including phenoxy) is 1. The molecule has 29 heavy (non-hydrogen) atoms. The summed E-state index contributed by atoms with van der Waals surface area (Å²) >= 11 is 2.03. The van der Waals surface area contributed by atoms with E-state index in [-0.39, 0.29) is 17.9 Å². The summed E-state index contributed by atoms with van der Waals surface area (Å²) in [6, 6.07) is 14.2. The number of thioether (sulfide) groups is 1. The molecule has 1 aliphatic rings. The minimum absolute atomic E-state index is 0.000230. The van der Waals surface area contributed by atoms with Gasteiger partial charge in [-0.3, -0.25) is 9.69 Å². The van der Waals surface area contributed by atoms with Crippen LogP contribution in [0.25, 0.3) is 0 Å². The zero-order chi connectivity index (χ0) is 20.9. The number of hydrogen-bond acceptors (Lipinski definition) is 4. The number of anilines is 1. The van der Waals surface area contributed by atoms with Crippen molar-refractivity contribution in [1.29, 1.82) is 0 Å². The minimum Gasteiger partial charge on any atom is -0.484 e. The highest BCUT2D eigenvalue weighted by atomic mass is 32.2. The van der Waals surface area contributed by atoms with E-state index >= 15 is 0 Å². The van der Waals surface area contributed by atoms with Gasteiger partial charge in [-0.15, -0.1) is 0 Å². The van der Waals surface area contributed by atoms with Gasteiger partial charge in [-0.1, -0.05) is 45.0 Å². The van der Waals surface area contributed by atoms with Crippen LogP contribution in [0.5, 0.6) is 5.75 Å². The van der Waals surface area contributed by atoms with Crippen molar-refractivity contribution in [2.24, 2.45) is 0 Å². The Morgan fingerprint density at radius 3 is 2.59 bits per heavy atom. The molecule has 3 rings (SSSR count). The molecular formula is C24H32N2O2S. The first-order valence-corrected chi connectivity index (χ1v) is 11.4. The van der Waals surface area contributed by atoms with Crippen LogP contribution in [0.4, 0.5) is 5.69 Å². The molecule has 0 radical (unpaired) electrons. The van der Waals surface area contributed by atoms with E-state index < -0.39 is 0 Å². The Morgan fingerprint density at radius 2 is 1.90 bits per heavy atom. The molecule has 5 heteroatoms. The molecule has 1 fully saturated rings. The van der Waals surface area contributed by atoms with E-state index in [0.29, 0.717) is 0 Å². The van der Waals surface area contributed by atoms with Gasteiger partial charge in [0.15, 0.2) is 6.61 Å². The molecule has 1 heterocycles. The first-order chi connectivity index (χ1) is 13.8. The quantitative estimate of drug-likeness (QED) is 0.736. The lowest BCUT2D eigenvalue weighted by molar-refractivity contribution is -0.118. The molecular weight excluding hydrogens is 380 g/mol. The maximum absolute atomic E-state index is 12.4. The van der Waals surface area contributed by atoms with Crippen molar-refractivity contribution in [1.82, 2.24) is 4.90 Å². The van der Waals surface area contributed by atoms with Crippen LogP contribution in [-0.4, -0.2) is 42.0 Å². The van der Waals surface area contributed by atoms with Crippen molar-refractivity contribution in [3.05, 3.63) is 59.2 Å². The van der Waals surface area contributed by atoms with Gasteiger partial charge in [0.1, 0.15) is 5.75 Å². The number of nitrogens with one attached hydrogen (secondary N) is 1. The number of benzene rings is 2. The van der Waals surface area contributed by atoms with E-state index in [1.54, 1.807) is 0 Å². The first-order valence-electron chi connectivity index (χ1n) is 10.2. The van der Waals surface area contributed by atoms with Gasteiger partial charge in [0.2, 0.25) is 0 Å². The summed E-state index contributed by atoms with van der Waals surface area (Å²) in [5, 5.41) is 2.98. The lowest BCUT2D eigenvalue weighted by Gasteiger charge is -2.26. The smallest absolute Gasteiger partial charge is 0.262 e. The molecule has 1 amide bonds. The maximum atomic E-state index is 12.4. The Kier molecular flexibility index (Phi) is 7.25. The Morgan fingerprint density at radius 1 is 1.14 bits per heavy atom. The summed E-state index contributed by atoms with van der Waals surface area (Å²) in [6.45, 7) is 11.8. The van der Waals surface area contributed by atoms with Gasteiger partial charge in [0, 0.05) is 36.8 Å². The molecule has 0 aliphatic carbocycles. The SMILES string of the molecule is Cc1cc(CN2CCSCC2)ccc1NC(=O)COc1cccc(C(C)(C)C)c1. The molecule has 0 atom stereocenters. The van der Waals surface area contributed by atoms with E-state index in [0.717, 1.165) is 36.6 Å². The molecule has 0 unspecified atom stereocenters. The van der Waals surface area contributed by atoms with Crippen LogP contribution >= 0.6 is 11.8 Å². The van der Waals surface area contributed by atoms with Gasteiger partial charge < -0.3 is 10.1 Å². The number of aryl methyl sites for hydroxylation is 1. The van der Waals surface area contributed by atoms with Crippen LogP contribution in [0.3, 0.4) is 0 Å². The van der Waals surface area contributed by atoms with E-state index in [1.807, 2.05) is 43.0 Å². The summed E-state index contributed by atoms with van der Waals surface area (Å²) in [5.74, 6) is 3.01. The highest BCUT2D eigenvalue weighted by Crippen LogP contribution is 2.25. The first kappa shape index (κ1) is 21.7. The summed E-state index contributed by atoms with van der Waals surface area (Å²) in [4.78, 5) is 14.9. The van der Waals surface area contributed by atoms with Crippen LogP contribution in [0.2, 0.25) is 0 Å². The molecule has 0 saturated carbocycles. The van der Waals surface area contributed by atoms with Gasteiger partial charge in [0.05, 0.1) is 0 Å². The van der Waals surface area contributed by atoms with E-state index in [2.05, 4.69) is 49.2 Å². The van der Waals surface area contributed by atoms with Crippen molar-refractivity contribution >= 4 is 23.4 Å². The third kappa shape index (κ3) is 6.51. The molecule has 0 spiro atoms. The standard InChI is InChI=1S/C24H32N2O2S/c1-18-14-19(16-26-10-12-29-13-11-26)8-9-22(18)25-23(27)17-28-21-7-5-6-20(15-21)24(2,3)4/h5-9,14-15H,10-13,16-17H2,1-4H3,(H,25,27). The summed E-state index contributed by atoms with van der Waals surface area (Å²) in [7, 11) is 0. The Bertz CT molecular complexity index is 839. The lowest BCUT2D eigenvalue weighted by Crippen LogP contribution is -2.32. The average Bonchev–Trinajstić information content (AvgIpc) is 2.69. The number of rotatable bonds is 6. The van der Waals surface area contributed by atoms with Crippen LogP contribution in [-0.2, 0) is 16.8 Å². The van der Waals surface area contributed by atoms with E-state index in [1.165, 1.54) is 22.6 Å². The second kappa shape index (κ2) is 9.68. The van der Waals surface area contributed by atoms with Crippen molar-refractivity contribution in [2.75, 3.05) is 36.5 Å². The average molecular weight is 413 g/mol. The van der Waals surface area contributed by atoms with E-state index in [4.69, 9.17) is 4.74 Å². The molecule has 2 aromatic rings. The zero-order valence-electron chi connectivity index (χ0n) is 18.0. The van der Waals surface area contributed by atoms with Crippen LogP contribution in [0.1, 0.15) is 37.5 Å². The number of carbonyl (C=O) groups is 1. The Balaban J connectivity index is 1.54.